The number of aryl methyl sites for hydroxylation is 1. The molecule has 4 aromatic rings. The van der Waals surface area contributed by atoms with E-state index >= 15 is 0 Å². The molecule has 146 valence electrons. The van der Waals surface area contributed by atoms with Crippen LogP contribution in [0, 0.1) is 0 Å². The molecule has 1 aromatic carbocycles. The van der Waals surface area contributed by atoms with Crippen LogP contribution in [0.3, 0.4) is 0 Å². The average molecular weight is 384 g/mol. The highest BCUT2D eigenvalue weighted by Gasteiger charge is 2.16. The largest absolute Gasteiger partial charge is 0.275 e. The first-order chi connectivity index (χ1) is 14.3. The molecular weight excluding hydrogens is 360 g/mol. The second-order valence-electron chi connectivity index (χ2n) is 7.78. The van der Waals surface area contributed by atoms with Crippen LogP contribution in [0.25, 0.3) is 33.6 Å². The van der Waals surface area contributed by atoms with Gasteiger partial charge in [-0.1, -0.05) is 37.5 Å². The molecule has 0 saturated heterocycles. The predicted molar refractivity (Wildman–Crippen MR) is 113 cm³/mol. The number of rotatable bonds is 4. The SMILES string of the molecule is Cn1cc(-c2cccc(-c3ncc(-c4cnn(C5CCCCC5)c4)cn3)c2)cn1. The van der Waals surface area contributed by atoms with E-state index in [9.17, 15) is 0 Å². The third-order valence-corrected chi connectivity index (χ3v) is 5.69. The summed E-state index contributed by atoms with van der Waals surface area (Å²) in [6.07, 6.45) is 18.1. The molecule has 0 aliphatic heterocycles. The first-order valence-electron chi connectivity index (χ1n) is 10.2. The quantitative estimate of drug-likeness (QED) is 0.501. The zero-order valence-electron chi connectivity index (χ0n) is 16.6. The van der Waals surface area contributed by atoms with E-state index in [0.29, 0.717) is 6.04 Å². The molecule has 6 heteroatoms. The summed E-state index contributed by atoms with van der Waals surface area (Å²) in [4.78, 5) is 9.24. The highest BCUT2D eigenvalue weighted by Crippen LogP contribution is 2.29. The van der Waals surface area contributed by atoms with Crippen molar-refractivity contribution in [3.8, 4) is 33.6 Å². The van der Waals surface area contributed by atoms with Crippen LogP contribution in [-0.2, 0) is 7.05 Å². The van der Waals surface area contributed by atoms with E-state index in [1.54, 1.807) is 4.68 Å². The van der Waals surface area contributed by atoms with Crippen LogP contribution in [0.2, 0.25) is 0 Å². The molecule has 0 N–H and O–H groups in total. The third kappa shape index (κ3) is 3.70. The molecule has 0 radical (unpaired) electrons. The van der Waals surface area contributed by atoms with Crippen molar-refractivity contribution in [2.24, 2.45) is 7.05 Å². The lowest BCUT2D eigenvalue weighted by molar-refractivity contribution is 0.329. The van der Waals surface area contributed by atoms with Crippen LogP contribution in [0.4, 0.5) is 0 Å². The van der Waals surface area contributed by atoms with Crippen molar-refractivity contribution >= 4 is 0 Å². The first kappa shape index (κ1) is 17.8. The molecule has 3 heterocycles. The molecule has 6 nitrogen and oxygen atoms in total. The van der Waals surface area contributed by atoms with Crippen LogP contribution in [-0.4, -0.2) is 29.5 Å². The lowest BCUT2D eigenvalue weighted by Crippen LogP contribution is -2.12. The Kier molecular flexibility index (Phi) is 4.68. The number of nitrogens with zero attached hydrogens (tertiary/aromatic N) is 6. The topological polar surface area (TPSA) is 61.4 Å². The summed E-state index contributed by atoms with van der Waals surface area (Å²) >= 11 is 0. The van der Waals surface area contributed by atoms with Gasteiger partial charge in [-0.25, -0.2) is 9.97 Å². The standard InChI is InChI=1S/C23H24N6/c1-28-15-20(13-26-28)17-6-5-7-18(10-17)23-24-11-19(12-25-23)21-14-27-29(16-21)22-8-3-2-4-9-22/h5-7,10-16,22H,2-4,8-9H2,1H3. The van der Waals surface area contributed by atoms with Gasteiger partial charge in [-0.05, 0) is 24.5 Å². The Labute approximate surface area is 170 Å². The maximum Gasteiger partial charge on any atom is 0.159 e. The fourth-order valence-electron chi connectivity index (χ4n) is 4.07. The Hall–Kier alpha value is -3.28. The van der Waals surface area contributed by atoms with E-state index in [1.807, 2.05) is 50.2 Å². The van der Waals surface area contributed by atoms with Crippen molar-refractivity contribution in [1.29, 1.82) is 0 Å². The molecule has 1 aliphatic carbocycles. The van der Waals surface area contributed by atoms with Gasteiger partial charge < -0.3 is 0 Å². The van der Waals surface area contributed by atoms with Gasteiger partial charge in [-0.2, -0.15) is 10.2 Å². The molecule has 0 atom stereocenters. The molecule has 0 bridgehead atoms. The van der Waals surface area contributed by atoms with Gasteiger partial charge in [-0.15, -0.1) is 0 Å². The number of benzene rings is 1. The Morgan fingerprint density at radius 3 is 2.24 bits per heavy atom. The molecule has 1 fully saturated rings. The minimum absolute atomic E-state index is 0.535. The van der Waals surface area contributed by atoms with E-state index in [-0.39, 0.29) is 0 Å². The molecule has 1 saturated carbocycles. The second-order valence-corrected chi connectivity index (χ2v) is 7.78. The van der Waals surface area contributed by atoms with Gasteiger partial charge in [-0.3, -0.25) is 9.36 Å². The van der Waals surface area contributed by atoms with Crippen molar-refractivity contribution < 1.29 is 0 Å². The molecule has 0 unspecified atom stereocenters. The summed E-state index contributed by atoms with van der Waals surface area (Å²) in [5.41, 5.74) is 5.26. The fourth-order valence-corrected chi connectivity index (χ4v) is 4.07. The summed E-state index contributed by atoms with van der Waals surface area (Å²) in [7, 11) is 1.92. The minimum Gasteiger partial charge on any atom is -0.275 e. The lowest BCUT2D eigenvalue weighted by Gasteiger charge is -2.21. The normalized spacial score (nSPS) is 14.9. The Morgan fingerprint density at radius 2 is 1.48 bits per heavy atom. The molecule has 3 aromatic heterocycles. The molecule has 5 rings (SSSR count). The second kappa shape index (κ2) is 7.62. The Bertz CT molecular complexity index is 1100. The van der Waals surface area contributed by atoms with E-state index in [1.165, 1.54) is 32.1 Å². The van der Waals surface area contributed by atoms with Gasteiger partial charge in [0.2, 0.25) is 0 Å². The zero-order valence-corrected chi connectivity index (χ0v) is 16.6. The van der Waals surface area contributed by atoms with Crippen molar-refractivity contribution in [2.45, 2.75) is 38.1 Å². The van der Waals surface area contributed by atoms with Crippen molar-refractivity contribution in [3.63, 3.8) is 0 Å². The Balaban J connectivity index is 1.37. The number of hydrogen-bond donors (Lipinski definition) is 0. The van der Waals surface area contributed by atoms with Crippen molar-refractivity contribution in [2.75, 3.05) is 0 Å². The summed E-state index contributed by atoms with van der Waals surface area (Å²) in [6, 6.07) is 8.79. The predicted octanol–water partition coefficient (Wildman–Crippen LogP) is 4.91. The van der Waals surface area contributed by atoms with Crippen LogP contribution in [0.1, 0.15) is 38.1 Å². The molecule has 0 spiro atoms. The monoisotopic (exact) mass is 384 g/mol. The van der Waals surface area contributed by atoms with Crippen molar-refractivity contribution in [1.82, 2.24) is 29.5 Å². The van der Waals surface area contributed by atoms with Gasteiger partial charge in [0.15, 0.2) is 5.82 Å². The van der Waals surface area contributed by atoms with Gasteiger partial charge in [0, 0.05) is 54.1 Å². The van der Waals surface area contributed by atoms with Crippen LogP contribution in [0.5, 0.6) is 0 Å². The first-order valence-corrected chi connectivity index (χ1v) is 10.2. The van der Waals surface area contributed by atoms with Crippen LogP contribution in [0.15, 0.2) is 61.4 Å². The molecule has 29 heavy (non-hydrogen) atoms. The fraction of sp³-hybridized carbons (Fsp3) is 0.304. The van der Waals surface area contributed by atoms with Gasteiger partial charge in [0.25, 0.3) is 0 Å². The highest BCUT2D eigenvalue weighted by molar-refractivity contribution is 5.70. The van der Waals surface area contributed by atoms with E-state index in [2.05, 4.69) is 43.2 Å². The summed E-state index contributed by atoms with van der Waals surface area (Å²) in [5, 5.41) is 8.85. The summed E-state index contributed by atoms with van der Waals surface area (Å²) < 4.78 is 3.93. The smallest absolute Gasteiger partial charge is 0.159 e. The van der Waals surface area contributed by atoms with E-state index < -0.39 is 0 Å². The highest BCUT2D eigenvalue weighted by atomic mass is 15.3. The van der Waals surface area contributed by atoms with E-state index in [4.69, 9.17) is 0 Å². The minimum atomic E-state index is 0.535. The van der Waals surface area contributed by atoms with Gasteiger partial charge in [0.05, 0.1) is 18.4 Å². The number of hydrogen-bond acceptors (Lipinski definition) is 4. The molecular formula is C23H24N6. The Morgan fingerprint density at radius 1 is 0.759 bits per heavy atom. The molecule has 0 amide bonds. The summed E-state index contributed by atoms with van der Waals surface area (Å²) in [6.45, 7) is 0. The maximum atomic E-state index is 4.62. The van der Waals surface area contributed by atoms with Gasteiger partial charge in [0.1, 0.15) is 0 Å². The van der Waals surface area contributed by atoms with E-state index in [0.717, 1.165) is 33.6 Å². The van der Waals surface area contributed by atoms with Gasteiger partial charge >= 0.3 is 0 Å². The third-order valence-electron chi connectivity index (χ3n) is 5.69. The van der Waals surface area contributed by atoms with Crippen LogP contribution < -0.4 is 0 Å². The maximum absolute atomic E-state index is 4.62. The number of aromatic nitrogens is 6. The lowest BCUT2D eigenvalue weighted by atomic mass is 9.96. The zero-order chi connectivity index (χ0) is 19.6. The molecule has 1 aliphatic rings. The van der Waals surface area contributed by atoms with Crippen molar-refractivity contribution in [3.05, 3.63) is 61.4 Å². The average Bonchev–Trinajstić information content (AvgIpc) is 3.44. The van der Waals surface area contributed by atoms with Crippen LogP contribution >= 0.6 is 0 Å². The summed E-state index contributed by atoms with van der Waals surface area (Å²) in [5.74, 6) is 0.721.